The van der Waals surface area contributed by atoms with Crippen molar-refractivity contribution in [3.05, 3.63) is 34.3 Å². The van der Waals surface area contributed by atoms with Gasteiger partial charge in [0, 0.05) is 26.3 Å². The smallest absolute Gasteiger partial charge is 0.323 e. The number of anilines is 1. The van der Waals surface area contributed by atoms with Crippen LogP contribution in [0.3, 0.4) is 0 Å². The molecular formula is C16H21ClN4O4S. The second kappa shape index (κ2) is 9.67. The number of carbonyl (C=O) groups excluding carboxylic acids is 1. The molecular weight excluding hydrogens is 380 g/mol. The van der Waals surface area contributed by atoms with Crippen LogP contribution in [0.2, 0.25) is 5.02 Å². The lowest BCUT2D eigenvalue weighted by molar-refractivity contribution is -0.108. The number of nitrogens with one attached hydrogen (secondary N) is 1. The Kier molecular flexibility index (Phi) is 7.58. The van der Waals surface area contributed by atoms with Gasteiger partial charge in [-0.15, -0.1) is 10.2 Å². The lowest BCUT2D eigenvalue weighted by atomic mass is 10.3. The Hall–Kier alpha value is -1.94. The summed E-state index contributed by atoms with van der Waals surface area (Å²) in [5, 5.41) is 12.3. The maximum Gasteiger partial charge on any atom is 0.323 e. The Balaban J connectivity index is 1.93. The minimum Gasteiger partial charge on any atom is -0.483 e. The van der Waals surface area contributed by atoms with E-state index in [1.165, 1.54) is 30.5 Å². The Morgan fingerprint density at radius 3 is 2.73 bits per heavy atom. The van der Waals surface area contributed by atoms with Crippen molar-refractivity contribution in [2.45, 2.75) is 19.3 Å². The van der Waals surface area contributed by atoms with Gasteiger partial charge in [0.05, 0.1) is 6.54 Å². The normalized spacial score (nSPS) is 12.1. The van der Waals surface area contributed by atoms with Gasteiger partial charge >= 0.3 is 6.03 Å². The zero-order chi connectivity index (χ0) is 19.1. The number of hydrogen-bond acceptors (Lipinski definition) is 7. The third-order valence-electron chi connectivity index (χ3n) is 3.41. The van der Waals surface area contributed by atoms with Crippen LogP contribution in [0.15, 0.2) is 24.3 Å². The summed E-state index contributed by atoms with van der Waals surface area (Å²) in [6.45, 7) is 2.12. The van der Waals surface area contributed by atoms with Gasteiger partial charge in [-0.2, -0.15) is 0 Å². The fourth-order valence-electron chi connectivity index (χ4n) is 1.98. The van der Waals surface area contributed by atoms with Crippen LogP contribution in [0.4, 0.5) is 9.93 Å². The van der Waals surface area contributed by atoms with Crippen molar-refractivity contribution in [2.24, 2.45) is 0 Å². The summed E-state index contributed by atoms with van der Waals surface area (Å²) < 4.78 is 15.9. The van der Waals surface area contributed by atoms with Crippen molar-refractivity contribution in [1.29, 1.82) is 0 Å². The molecule has 0 aliphatic carbocycles. The molecule has 1 N–H and O–H groups in total. The van der Waals surface area contributed by atoms with Crippen molar-refractivity contribution in [3.63, 3.8) is 0 Å². The summed E-state index contributed by atoms with van der Waals surface area (Å²) in [7, 11) is 4.66. The van der Waals surface area contributed by atoms with Crippen LogP contribution in [-0.4, -0.2) is 55.2 Å². The Labute approximate surface area is 161 Å². The number of carbonyl (C=O) groups is 1. The molecule has 1 unspecified atom stereocenters. The third kappa shape index (κ3) is 5.80. The summed E-state index contributed by atoms with van der Waals surface area (Å²) in [4.78, 5) is 13.6. The molecule has 0 bridgehead atoms. The van der Waals surface area contributed by atoms with Gasteiger partial charge in [0.15, 0.2) is 11.3 Å². The number of likely N-dealkylation sites (N-methyl/N-ethyl adjacent to an activating group) is 1. The van der Waals surface area contributed by atoms with Gasteiger partial charge in [0.2, 0.25) is 5.13 Å². The van der Waals surface area contributed by atoms with Gasteiger partial charge < -0.3 is 19.1 Å². The van der Waals surface area contributed by atoms with Crippen LogP contribution in [0, 0.1) is 0 Å². The van der Waals surface area contributed by atoms with E-state index in [4.69, 9.17) is 25.8 Å². The van der Waals surface area contributed by atoms with Crippen LogP contribution >= 0.6 is 22.9 Å². The molecule has 0 spiro atoms. The van der Waals surface area contributed by atoms with Crippen molar-refractivity contribution in [3.8, 4) is 5.75 Å². The lowest BCUT2D eigenvalue weighted by Gasteiger charge is -2.21. The third-order valence-corrected chi connectivity index (χ3v) is 4.64. The van der Waals surface area contributed by atoms with Crippen molar-refractivity contribution >= 4 is 34.1 Å². The average Bonchev–Trinajstić information content (AvgIpc) is 3.08. The first-order valence-electron chi connectivity index (χ1n) is 7.76. The Bertz CT molecular complexity index is 726. The first kappa shape index (κ1) is 20.4. The minimum absolute atomic E-state index is 0.277. The molecule has 0 fully saturated rings. The highest BCUT2D eigenvalue weighted by Gasteiger charge is 2.18. The van der Waals surface area contributed by atoms with Gasteiger partial charge in [-0.25, -0.2) is 4.79 Å². The molecule has 142 valence electrons. The highest BCUT2D eigenvalue weighted by atomic mass is 35.5. The molecule has 26 heavy (non-hydrogen) atoms. The lowest BCUT2D eigenvalue weighted by Crippen LogP contribution is -2.38. The summed E-state index contributed by atoms with van der Waals surface area (Å²) >= 11 is 7.19. The Morgan fingerprint density at radius 2 is 2.08 bits per heavy atom. The quantitative estimate of drug-likeness (QED) is 0.683. The standard InChI is InChI=1S/C16H21ClN4O4S/c1-10(25-12-7-5-6-11(17)8-12)14-19-20-15(26-14)18-16(22)21(2)9-13(23-3)24-4/h5-8,10,13H,9H2,1-4H3,(H,18,20,22). The van der Waals surface area contributed by atoms with Gasteiger partial charge in [0.25, 0.3) is 0 Å². The number of ether oxygens (including phenoxy) is 3. The topological polar surface area (TPSA) is 85.8 Å². The first-order chi connectivity index (χ1) is 12.4. The fourth-order valence-corrected chi connectivity index (χ4v) is 2.88. The largest absolute Gasteiger partial charge is 0.483 e. The van der Waals surface area contributed by atoms with E-state index >= 15 is 0 Å². The van der Waals surface area contributed by atoms with Gasteiger partial charge in [-0.05, 0) is 25.1 Å². The van der Waals surface area contributed by atoms with E-state index in [0.29, 0.717) is 20.9 Å². The summed E-state index contributed by atoms with van der Waals surface area (Å²) in [6.07, 6.45) is -0.831. The molecule has 1 aromatic carbocycles. The molecule has 0 saturated heterocycles. The molecule has 0 aliphatic heterocycles. The molecule has 1 heterocycles. The molecule has 0 saturated carbocycles. The van der Waals surface area contributed by atoms with E-state index in [0.717, 1.165) is 0 Å². The summed E-state index contributed by atoms with van der Waals surface area (Å²) in [5.41, 5.74) is 0. The zero-order valence-corrected chi connectivity index (χ0v) is 16.5. The molecule has 1 aromatic heterocycles. The molecule has 0 aliphatic rings. The highest BCUT2D eigenvalue weighted by molar-refractivity contribution is 7.15. The molecule has 1 atom stereocenters. The second-order valence-electron chi connectivity index (χ2n) is 5.37. The first-order valence-corrected chi connectivity index (χ1v) is 8.95. The molecule has 0 radical (unpaired) electrons. The van der Waals surface area contributed by atoms with E-state index < -0.39 is 6.29 Å². The molecule has 10 heteroatoms. The predicted octanol–water partition coefficient (Wildman–Crippen LogP) is 3.41. The average molecular weight is 401 g/mol. The van der Waals surface area contributed by atoms with Crippen LogP contribution in [0.25, 0.3) is 0 Å². The second-order valence-corrected chi connectivity index (χ2v) is 6.82. The van der Waals surface area contributed by atoms with Crippen LogP contribution < -0.4 is 10.1 Å². The maximum atomic E-state index is 12.2. The van der Waals surface area contributed by atoms with Crippen molar-refractivity contribution < 1.29 is 19.0 Å². The van der Waals surface area contributed by atoms with Crippen LogP contribution in [0.5, 0.6) is 5.75 Å². The van der Waals surface area contributed by atoms with Gasteiger partial charge in [-0.1, -0.05) is 29.0 Å². The van der Waals surface area contributed by atoms with Crippen LogP contribution in [0.1, 0.15) is 18.0 Å². The SMILES string of the molecule is COC(CN(C)C(=O)Nc1nnc(C(C)Oc2cccc(Cl)c2)s1)OC. The van der Waals surface area contributed by atoms with E-state index in [1.54, 1.807) is 25.2 Å². The molecule has 2 aromatic rings. The number of urea groups is 1. The summed E-state index contributed by atoms with van der Waals surface area (Å²) in [5.74, 6) is 0.635. The number of amides is 2. The summed E-state index contributed by atoms with van der Waals surface area (Å²) in [6, 6.07) is 6.77. The highest BCUT2D eigenvalue weighted by Crippen LogP contribution is 2.27. The number of nitrogens with zero attached hydrogens (tertiary/aromatic N) is 3. The molecule has 8 nitrogen and oxygen atoms in total. The minimum atomic E-state index is -0.498. The van der Waals surface area contributed by atoms with Gasteiger partial charge in [-0.3, -0.25) is 5.32 Å². The number of aromatic nitrogens is 2. The number of methoxy groups -OCH3 is 2. The van der Waals surface area contributed by atoms with E-state index in [-0.39, 0.29) is 18.7 Å². The van der Waals surface area contributed by atoms with Crippen LogP contribution in [-0.2, 0) is 9.47 Å². The zero-order valence-electron chi connectivity index (χ0n) is 14.9. The Morgan fingerprint density at radius 1 is 1.35 bits per heavy atom. The van der Waals surface area contributed by atoms with E-state index in [2.05, 4.69) is 15.5 Å². The van der Waals surface area contributed by atoms with Gasteiger partial charge in [0.1, 0.15) is 11.9 Å². The number of halogens is 1. The number of benzene rings is 1. The maximum absolute atomic E-state index is 12.2. The monoisotopic (exact) mass is 400 g/mol. The van der Waals surface area contributed by atoms with E-state index in [1.807, 2.05) is 13.0 Å². The predicted molar refractivity (Wildman–Crippen MR) is 99.9 cm³/mol. The molecule has 2 rings (SSSR count). The van der Waals surface area contributed by atoms with E-state index in [9.17, 15) is 4.79 Å². The fraction of sp³-hybridized carbons (Fsp3) is 0.438. The molecule has 2 amide bonds. The van der Waals surface area contributed by atoms with Crippen molar-refractivity contribution in [2.75, 3.05) is 33.1 Å². The number of hydrogen-bond donors (Lipinski definition) is 1. The number of rotatable bonds is 8. The van der Waals surface area contributed by atoms with Crippen molar-refractivity contribution in [1.82, 2.24) is 15.1 Å².